The molecule has 6 nitrogen and oxygen atoms in total. The topological polar surface area (TPSA) is 110 Å². The second-order valence-electron chi connectivity index (χ2n) is 4.18. The summed E-state index contributed by atoms with van der Waals surface area (Å²) in [5.74, 6) is -1.20. The molecule has 1 atom stereocenters. The largest absolute Gasteiger partial charge is 0.389 e. The first-order valence-corrected chi connectivity index (χ1v) is 5.98. The van der Waals surface area contributed by atoms with Crippen molar-refractivity contribution in [2.45, 2.75) is 13.0 Å². The number of nitrogens with zero attached hydrogens (tertiary/aromatic N) is 1. The Morgan fingerprint density at radius 2 is 1.84 bits per heavy atom. The zero-order chi connectivity index (χ0) is 14.6. The first-order chi connectivity index (χ1) is 8.81. The maximum atomic E-state index is 11.0. The summed E-state index contributed by atoms with van der Waals surface area (Å²) >= 11 is 6.08. The lowest BCUT2D eigenvalue weighted by Crippen LogP contribution is -2.39. The molecule has 0 heterocycles. The second-order valence-corrected chi connectivity index (χ2v) is 4.58. The van der Waals surface area contributed by atoms with E-state index in [1.807, 2.05) is 0 Å². The summed E-state index contributed by atoms with van der Waals surface area (Å²) in [6.45, 7) is 1.27. The number of carbonyl (C=O) groups is 2. The van der Waals surface area contributed by atoms with E-state index in [1.165, 1.54) is 4.90 Å². The van der Waals surface area contributed by atoms with Crippen LogP contribution in [0, 0.1) is 0 Å². The number of aliphatic hydroxyl groups is 1. The maximum absolute atomic E-state index is 11.0. The lowest BCUT2D eigenvalue weighted by Gasteiger charge is -2.23. The molecule has 5 N–H and O–H groups in total. The molecular weight excluding hydrogens is 270 g/mol. The third kappa shape index (κ3) is 4.42. The lowest BCUT2D eigenvalue weighted by molar-refractivity contribution is -0.117. The normalized spacial score (nSPS) is 11.9. The fourth-order valence-corrected chi connectivity index (χ4v) is 1.95. The van der Waals surface area contributed by atoms with Crippen LogP contribution in [0.4, 0.5) is 5.69 Å². The smallest absolute Gasteiger partial charge is 0.236 e. The van der Waals surface area contributed by atoms with Gasteiger partial charge in [-0.15, -0.1) is 0 Å². The van der Waals surface area contributed by atoms with Gasteiger partial charge >= 0.3 is 0 Å². The van der Waals surface area contributed by atoms with Crippen molar-refractivity contribution in [3.05, 3.63) is 28.8 Å². The monoisotopic (exact) mass is 285 g/mol. The third-order valence-electron chi connectivity index (χ3n) is 2.49. The minimum atomic E-state index is -0.660. The molecule has 0 aliphatic rings. The lowest BCUT2D eigenvalue weighted by atomic mass is 10.1. The van der Waals surface area contributed by atoms with Crippen LogP contribution in [0.2, 0.25) is 5.02 Å². The molecule has 0 bridgehead atoms. The average Bonchev–Trinajstić information content (AvgIpc) is 2.26. The quantitative estimate of drug-likeness (QED) is 0.692. The first kappa shape index (κ1) is 15.3. The number of benzene rings is 1. The molecule has 1 aromatic carbocycles. The van der Waals surface area contributed by atoms with Crippen LogP contribution in [0.5, 0.6) is 0 Å². The van der Waals surface area contributed by atoms with E-state index in [4.69, 9.17) is 23.1 Å². The number of primary amides is 2. The summed E-state index contributed by atoms with van der Waals surface area (Å²) in [4.78, 5) is 23.4. The van der Waals surface area contributed by atoms with E-state index in [0.717, 1.165) is 0 Å². The third-order valence-corrected chi connectivity index (χ3v) is 2.79. The van der Waals surface area contributed by atoms with Gasteiger partial charge in [-0.1, -0.05) is 17.7 Å². The van der Waals surface area contributed by atoms with Crippen molar-refractivity contribution >= 4 is 29.1 Å². The summed E-state index contributed by atoms with van der Waals surface area (Å²) in [5, 5.41) is 9.75. The number of aliphatic hydroxyl groups excluding tert-OH is 1. The molecule has 104 valence electrons. The van der Waals surface area contributed by atoms with Crippen LogP contribution in [-0.2, 0) is 9.59 Å². The van der Waals surface area contributed by atoms with Crippen LogP contribution in [0.3, 0.4) is 0 Å². The number of rotatable bonds is 6. The van der Waals surface area contributed by atoms with Crippen LogP contribution in [0.25, 0.3) is 0 Å². The molecule has 2 amide bonds. The minimum absolute atomic E-state index is 0.170. The molecule has 0 aliphatic heterocycles. The van der Waals surface area contributed by atoms with Crippen LogP contribution in [0.1, 0.15) is 18.6 Å². The molecule has 0 fully saturated rings. The molecule has 0 unspecified atom stereocenters. The summed E-state index contributed by atoms with van der Waals surface area (Å²) < 4.78 is 0. The van der Waals surface area contributed by atoms with E-state index in [2.05, 4.69) is 0 Å². The van der Waals surface area contributed by atoms with Gasteiger partial charge in [0.1, 0.15) is 0 Å². The molecule has 1 rings (SSSR count). The Morgan fingerprint density at radius 3 is 2.21 bits per heavy atom. The van der Waals surface area contributed by atoms with Gasteiger partial charge in [0.15, 0.2) is 0 Å². The number of halogens is 1. The van der Waals surface area contributed by atoms with Gasteiger partial charge in [0.05, 0.1) is 29.9 Å². The molecular formula is C12H16ClN3O3. The molecule has 0 saturated carbocycles. The Kier molecular flexibility index (Phi) is 5.14. The van der Waals surface area contributed by atoms with Crippen molar-refractivity contribution in [2.24, 2.45) is 11.5 Å². The first-order valence-electron chi connectivity index (χ1n) is 5.60. The number of carbonyl (C=O) groups excluding carboxylic acids is 2. The number of amides is 2. The van der Waals surface area contributed by atoms with Crippen molar-refractivity contribution in [3.63, 3.8) is 0 Å². The van der Waals surface area contributed by atoms with Gasteiger partial charge in [0, 0.05) is 0 Å². The van der Waals surface area contributed by atoms with Crippen molar-refractivity contribution in [3.8, 4) is 0 Å². The number of hydrogen-bond acceptors (Lipinski definition) is 4. The predicted molar refractivity (Wildman–Crippen MR) is 72.7 cm³/mol. The Morgan fingerprint density at radius 1 is 1.32 bits per heavy atom. The zero-order valence-electron chi connectivity index (χ0n) is 10.5. The van der Waals surface area contributed by atoms with Gasteiger partial charge in [-0.3, -0.25) is 9.59 Å². The molecule has 0 radical (unpaired) electrons. The minimum Gasteiger partial charge on any atom is -0.389 e. The van der Waals surface area contributed by atoms with Crippen LogP contribution >= 0.6 is 11.6 Å². The highest BCUT2D eigenvalue weighted by atomic mass is 35.5. The fourth-order valence-electron chi connectivity index (χ4n) is 1.64. The van der Waals surface area contributed by atoms with Gasteiger partial charge in [0.25, 0.3) is 0 Å². The standard InChI is InChI=1S/C12H16ClN3O3/c1-7(17)8-2-3-10(9(13)4-8)16(5-11(14)18)6-12(15)19/h2-4,7,17H,5-6H2,1H3,(H2,14,18)(H2,15,19)/t7-/m0/s1. The van der Waals surface area contributed by atoms with Crippen molar-refractivity contribution in [1.82, 2.24) is 0 Å². The zero-order valence-corrected chi connectivity index (χ0v) is 11.2. The maximum Gasteiger partial charge on any atom is 0.236 e. The highest BCUT2D eigenvalue weighted by Crippen LogP contribution is 2.28. The molecule has 0 spiro atoms. The summed E-state index contributed by atoms with van der Waals surface area (Å²) in [7, 11) is 0. The fraction of sp³-hybridized carbons (Fsp3) is 0.333. The molecule has 0 aromatic heterocycles. The highest BCUT2D eigenvalue weighted by molar-refractivity contribution is 6.33. The van der Waals surface area contributed by atoms with Crippen LogP contribution in [0.15, 0.2) is 18.2 Å². The Hall–Kier alpha value is -1.79. The molecule has 0 saturated heterocycles. The van der Waals surface area contributed by atoms with Crippen molar-refractivity contribution in [1.29, 1.82) is 0 Å². The Labute approximate surface area is 115 Å². The van der Waals surface area contributed by atoms with E-state index in [1.54, 1.807) is 25.1 Å². The van der Waals surface area contributed by atoms with Crippen molar-refractivity contribution < 1.29 is 14.7 Å². The summed E-state index contributed by atoms with van der Waals surface area (Å²) in [6, 6.07) is 4.83. The molecule has 19 heavy (non-hydrogen) atoms. The highest BCUT2D eigenvalue weighted by Gasteiger charge is 2.16. The Bertz CT molecular complexity index is 475. The number of nitrogens with two attached hydrogens (primary N) is 2. The molecule has 1 aromatic rings. The van der Waals surface area contributed by atoms with E-state index in [9.17, 15) is 14.7 Å². The van der Waals surface area contributed by atoms with E-state index >= 15 is 0 Å². The summed E-state index contributed by atoms with van der Waals surface area (Å²) in [5.41, 5.74) is 11.3. The molecule has 0 aliphatic carbocycles. The second kappa shape index (κ2) is 6.40. The van der Waals surface area contributed by atoms with E-state index in [-0.39, 0.29) is 13.1 Å². The van der Waals surface area contributed by atoms with Gasteiger partial charge in [-0.25, -0.2) is 0 Å². The van der Waals surface area contributed by atoms with Crippen molar-refractivity contribution in [2.75, 3.05) is 18.0 Å². The SMILES string of the molecule is C[C@H](O)c1ccc(N(CC(N)=O)CC(N)=O)c(Cl)c1. The van der Waals surface area contributed by atoms with Gasteiger partial charge in [0.2, 0.25) is 11.8 Å². The summed E-state index contributed by atoms with van der Waals surface area (Å²) in [6.07, 6.45) is -0.660. The van der Waals surface area contributed by atoms with Gasteiger partial charge in [-0.05, 0) is 24.6 Å². The van der Waals surface area contributed by atoms with E-state index in [0.29, 0.717) is 16.3 Å². The van der Waals surface area contributed by atoms with Gasteiger partial charge in [-0.2, -0.15) is 0 Å². The average molecular weight is 286 g/mol. The predicted octanol–water partition coefficient (Wildman–Crippen LogP) is 0.170. The van der Waals surface area contributed by atoms with Crippen LogP contribution in [-0.4, -0.2) is 30.0 Å². The Balaban J connectivity index is 3.07. The van der Waals surface area contributed by atoms with Gasteiger partial charge < -0.3 is 21.5 Å². The number of hydrogen-bond donors (Lipinski definition) is 3. The number of anilines is 1. The van der Waals surface area contributed by atoms with Crippen LogP contribution < -0.4 is 16.4 Å². The molecule has 7 heteroatoms. The van der Waals surface area contributed by atoms with E-state index < -0.39 is 17.9 Å².